The van der Waals surface area contributed by atoms with E-state index in [1.807, 2.05) is 0 Å². The van der Waals surface area contributed by atoms with Crippen LogP contribution in [0, 0.1) is 0 Å². The van der Waals surface area contributed by atoms with Gasteiger partial charge in [0.1, 0.15) is 6.26 Å². The van der Waals surface area contributed by atoms with Gasteiger partial charge in [-0.25, -0.2) is 4.98 Å². The van der Waals surface area contributed by atoms with Crippen LogP contribution in [0.1, 0.15) is 35.1 Å². The number of amides is 1. The Morgan fingerprint density at radius 2 is 2.22 bits per heavy atom. The summed E-state index contributed by atoms with van der Waals surface area (Å²) >= 11 is 0. The first-order valence-corrected chi connectivity index (χ1v) is 7.57. The normalized spacial score (nSPS) is 15.8. The molecule has 1 saturated heterocycles. The lowest BCUT2D eigenvalue weighted by Gasteiger charge is -2.19. The van der Waals surface area contributed by atoms with Gasteiger partial charge in [0.05, 0.1) is 11.7 Å². The summed E-state index contributed by atoms with van der Waals surface area (Å²) in [5.41, 5.74) is 1.03. The van der Waals surface area contributed by atoms with E-state index >= 15 is 0 Å². The highest BCUT2D eigenvalue weighted by atomic mass is 16.3. The first-order valence-electron chi connectivity index (χ1n) is 7.57. The zero-order valence-corrected chi connectivity index (χ0v) is 12.4. The van der Waals surface area contributed by atoms with Crippen LogP contribution < -0.4 is 10.6 Å². The Hall–Kier alpha value is -2.74. The zero-order chi connectivity index (χ0) is 15.6. The van der Waals surface area contributed by atoms with Gasteiger partial charge in [-0.2, -0.15) is 5.10 Å². The first-order chi connectivity index (χ1) is 11.3. The van der Waals surface area contributed by atoms with Gasteiger partial charge in [0.2, 0.25) is 0 Å². The fraction of sp³-hybridized carbons (Fsp3) is 0.333. The highest BCUT2D eigenvalue weighted by Gasteiger charge is 2.22. The molecule has 1 aliphatic rings. The van der Waals surface area contributed by atoms with E-state index in [1.54, 1.807) is 18.5 Å². The number of aromatic amines is 1. The fourth-order valence-corrected chi connectivity index (χ4v) is 2.78. The molecule has 1 aliphatic heterocycles. The summed E-state index contributed by atoms with van der Waals surface area (Å²) in [6.07, 6.45) is 6.66. The van der Waals surface area contributed by atoms with Gasteiger partial charge in [0.25, 0.3) is 5.91 Å². The number of hydrogen-bond acceptors (Lipinski definition) is 6. The van der Waals surface area contributed by atoms with Crippen LogP contribution in [0.15, 0.2) is 29.1 Å². The molecule has 23 heavy (non-hydrogen) atoms. The molecule has 0 atom stereocenters. The predicted octanol–water partition coefficient (Wildman–Crippen LogP) is 1.67. The Kier molecular flexibility index (Phi) is 3.51. The van der Waals surface area contributed by atoms with E-state index in [0.717, 1.165) is 36.8 Å². The van der Waals surface area contributed by atoms with Gasteiger partial charge in [-0.15, -0.1) is 0 Å². The summed E-state index contributed by atoms with van der Waals surface area (Å²) in [5.74, 6) is 1.03. The van der Waals surface area contributed by atoms with Gasteiger partial charge in [-0.3, -0.25) is 14.9 Å². The Labute approximate surface area is 131 Å². The largest absolute Gasteiger partial charge is 0.448 e. The molecule has 3 aromatic heterocycles. The lowest BCUT2D eigenvalue weighted by atomic mass is 9.98. The van der Waals surface area contributed by atoms with Crippen LogP contribution in [-0.2, 0) is 0 Å². The maximum absolute atomic E-state index is 12.3. The first kappa shape index (κ1) is 13.9. The van der Waals surface area contributed by atoms with Crippen molar-refractivity contribution < 1.29 is 9.21 Å². The van der Waals surface area contributed by atoms with Crippen molar-refractivity contribution in [2.45, 2.75) is 18.8 Å². The van der Waals surface area contributed by atoms with E-state index in [4.69, 9.17) is 4.42 Å². The molecule has 0 aliphatic carbocycles. The molecule has 0 unspecified atom stereocenters. The van der Waals surface area contributed by atoms with Crippen molar-refractivity contribution >= 4 is 22.6 Å². The number of nitrogens with one attached hydrogen (secondary N) is 3. The number of anilines is 1. The van der Waals surface area contributed by atoms with Crippen molar-refractivity contribution in [3.63, 3.8) is 0 Å². The van der Waals surface area contributed by atoms with Crippen molar-refractivity contribution in [3.8, 4) is 0 Å². The molecule has 3 aromatic rings. The van der Waals surface area contributed by atoms with Crippen LogP contribution in [0.25, 0.3) is 10.9 Å². The highest BCUT2D eigenvalue weighted by Crippen LogP contribution is 2.25. The number of hydrogen-bond donors (Lipinski definition) is 3. The zero-order valence-electron chi connectivity index (χ0n) is 12.4. The minimum atomic E-state index is -0.334. The number of aromatic nitrogens is 4. The minimum Gasteiger partial charge on any atom is -0.448 e. The third-order valence-corrected chi connectivity index (χ3v) is 4.04. The number of carbonyl (C=O) groups excluding carboxylic acids is 1. The van der Waals surface area contributed by atoms with Crippen LogP contribution >= 0.6 is 0 Å². The standard InChI is InChI=1S/C15H16N6O2/c22-14(19-13-10-3-6-17-7-11(10)20-21-13)12-8-23-15(18-12)9-1-4-16-5-2-9/h3,6-9,16H,1-2,4-5H2,(H2,19,20,21,22). The van der Waals surface area contributed by atoms with E-state index in [2.05, 4.69) is 30.8 Å². The third kappa shape index (κ3) is 2.68. The molecule has 4 rings (SSSR count). The smallest absolute Gasteiger partial charge is 0.278 e. The summed E-state index contributed by atoms with van der Waals surface area (Å²) in [6, 6.07) is 1.79. The number of fused-ring (bicyclic) bond motifs is 1. The molecule has 0 saturated carbocycles. The van der Waals surface area contributed by atoms with Crippen LogP contribution in [0.2, 0.25) is 0 Å². The van der Waals surface area contributed by atoms with Crippen LogP contribution in [-0.4, -0.2) is 39.2 Å². The average molecular weight is 312 g/mol. The average Bonchev–Trinajstić information content (AvgIpc) is 3.24. The van der Waals surface area contributed by atoms with Crippen molar-refractivity contribution in [1.82, 2.24) is 25.5 Å². The number of carbonyl (C=O) groups is 1. The van der Waals surface area contributed by atoms with Crippen molar-refractivity contribution in [1.29, 1.82) is 0 Å². The second kappa shape index (κ2) is 5.81. The van der Waals surface area contributed by atoms with Gasteiger partial charge in [-0.05, 0) is 32.0 Å². The Morgan fingerprint density at radius 1 is 1.35 bits per heavy atom. The maximum Gasteiger partial charge on any atom is 0.278 e. The van der Waals surface area contributed by atoms with Gasteiger partial charge < -0.3 is 15.1 Å². The molecule has 0 spiro atoms. The number of piperidine rings is 1. The molecule has 3 N–H and O–H groups in total. The molecule has 1 fully saturated rings. The molecule has 1 amide bonds. The third-order valence-electron chi connectivity index (χ3n) is 4.04. The van der Waals surface area contributed by atoms with Gasteiger partial charge in [0, 0.05) is 17.5 Å². The minimum absolute atomic E-state index is 0.267. The van der Waals surface area contributed by atoms with E-state index in [1.165, 1.54) is 6.26 Å². The maximum atomic E-state index is 12.3. The molecule has 0 aromatic carbocycles. The van der Waals surface area contributed by atoms with E-state index < -0.39 is 0 Å². The van der Waals surface area contributed by atoms with E-state index in [0.29, 0.717) is 11.7 Å². The Bertz CT molecular complexity index is 833. The van der Waals surface area contributed by atoms with Crippen LogP contribution in [0.4, 0.5) is 5.82 Å². The number of nitrogens with zero attached hydrogens (tertiary/aromatic N) is 3. The summed E-state index contributed by atoms with van der Waals surface area (Å²) in [6.45, 7) is 1.89. The molecular formula is C15H16N6O2. The van der Waals surface area contributed by atoms with Gasteiger partial charge >= 0.3 is 0 Å². The Balaban J connectivity index is 1.52. The molecule has 118 valence electrons. The molecule has 0 bridgehead atoms. The quantitative estimate of drug-likeness (QED) is 0.679. The molecular weight excluding hydrogens is 296 g/mol. The van der Waals surface area contributed by atoms with Crippen molar-refractivity contribution in [2.75, 3.05) is 18.4 Å². The fourth-order valence-electron chi connectivity index (χ4n) is 2.78. The Morgan fingerprint density at radius 3 is 3.09 bits per heavy atom. The summed E-state index contributed by atoms with van der Waals surface area (Å²) in [4.78, 5) is 20.7. The number of pyridine rings is 1. The van der Waals surface area contributed by atoms with E-state index in [9.17, 15) is 4.79 Å². The lowest BCUT2D eigenvalue weighted by molar-refractivity contribution is 0.102. The second-order valence-corrected chi connectivity index (χ2v) is 5.54. The second-order valence-electron chi connectivity index (χ2n) is 5.54. The predicted molar refractivity (Wildman–Crippen MR) is 83.2 cm³/mol. The molecule has 8 heteroatoms. The molecule has 8 nitrogen and oxygen atoms in total. The lowest BCUT2D eigenvalue weighted by Crippen LogP contribution is -2.26. The van der Waals surface area contributed by atoms with Crippen LogP contribution in [0.3, 0.4) is 0 Å². The van der Waals surface area contributed by atoms with Crippen molar-refractivity contribution in [3.05, 3.63) is 36.3 Å². The molecule has 0 radical (unpaired) electrons. The van der Waals surface area contributed by atoms with Crippen molar-refractivity contribution in [2.24, 2.45) is 0 Å². The number of rotatable bonds is 3. The van der Waals surface area contributed by atoms with Gasteiger partial charge in [0.15, 0.2) is 17.4 Å². The number of H-pyrrole nitrogens is 1. The topological polar surface area (TPSA) is 109 Å². The highest BCUT2D eigenvalue weighted by molar-refractivity contribution is 6.06. The van der Waals surface area contributed by atoms with Crippen LogP contribution in [0.5, 0.6) is 0 Å². The van der Waals surface area contributed by atoms with Gasteiger partial charge in [-0.1, -0.05) is 0 Å². The van der Waals surface area contributed by atoms with E-state index in [-0.39, 0.29) is 17.5 Å². The summed E-state index contributed by atoms with van der Waals surface area (Å²) in [7, 11) is 0. The number of oxazole rings is 1. The molecule has 4 heterocycles. The summed E-state index contributed by atoms with van der Waals surface area (Å²) < 4.78 is 5.49. The summed E-state index contributed by atoms with van der Waals surface area (Å²) in [5, 5.41) is 13.8. The monoisotopic (exact) mass is 312 g/mol. The SMILES string of the molecule is O=C(Nc1n[nH]c2cnccc12)c1coc(C2CCNCC2)n1.